The Balaban J connectivity index is 1.34. The smallest absolute Gasteiger partial charge is 0.228 e. The van der Waals surface area contributed by atoms with E-state index in [4.69, 9.17) is 16.6 Å². The number of carbonyl (C=O) groups excluding carboxylic acids is 1. The summed E-state index contributed by atoms with van der Waals surface area (Å²) in [5.74, 6) is 2.01. The van der Waals surface area contributed by atoms with Gasteiger partial charge < -0.3 is 14.7 Å². The number of hydrogen-bond acceptors (Lipinski definition) is 6. The zero-order chi connectivity index (χ0) is 20.1. The van der Waals surface area contributed by atoms with Crippen LogP contribution >= 0.6 is 11.6 Å². The lowest BCUT2D eigenvalue weighted by atomic mass is 10.1. The number of hydrogen-bond donors (Lipinski definition) is 0. The Morgan fingerprint density at radius 3 is 2.76 bits per heavy atom. The van der Waals surface area contributed by atoms with Crippen LogP contribution < -0.4 is 9.80 Å². The highest BCUT2D eigenvalue weighted by Crippen LogP contribution is 2.40. The number of halogens is 1. The van der Waals surface area contributed by atoms with E-state index in [9.17, 15) is 4.79 Å². The third-order valence-corrected chi connectivity index (χ3v) is 6.58. The highest BCUT2D eigenvalue weighted by Gasteiger charge is 2.40. The molecule has 0 spiro atoms. The largest absolute Gasteiger partial charge is 0.371 e. The van der Waals surface area contributed by atoms with Gasteiger partial charge in [0.2, 0.25) is 5.91 Å². The van der Waals surface area contributed by atoms with Gasteiger partial charge >= 0.3 is 0 Å². The highest BCUT2D eigenvalue weighted by atomic mass is 35.5. The van der Waals surface area contributed by atoms with Gasteiger partial charge in [-0.1, -0.05) is 11.6 Å². The molecule has 1 amide bonds. The minimum absolute atomic E-state index is 0.0121. The van der Waals surface area contributed by atoms with Gasteiger partial charge in [-0.2, -0.15) is 0 Å². The molecule has 2 aromatic rings. The predicted octanol–water partition coefficient (Wildman–Crippen LogP) is 2.97. The Bertz CT molecular complexity index is 962. The molecular weight excluding hydrogens is 388 g/mol. The van der Waals surface area contributed by atoms with E-state index in [1.807, 2.05) is 24.0 Å². The van der Waals surface area contributed by atoms with E-state index in [2.05, 4.69) is 26.7 Å². The van der Waals surface area contributed by atoms with Crippen LogP contribution in [-0.2, 0) is 11.3 Å². The minimum Gasteiger partial charge on any atom is -0.371 e. The number of pyridine rings is 1. The topological polar surface area (TPSA) is 65.5 Å². The molecule has 0 unspecified atom stereocenters. The van der Waals surface area contributed by atoms with Crippen molar-refractivity contribution in [2.24, 2.45) is 5.92 Å². The van der Waals surface area contributed by atoms with Gasteiger partial charge in [-0.25, -0.2) is 15.0 Å². The molecule has 8 heteroatoms. The molecule has 0 N–H and O–H groups in total. The van der Waals surface area contributed by atoms with Crippen molar-refractivity contribution in [3.63, 3.8) is 0 Å². The third-order valence-electron chi connectivity index (χ3n) is 6.37. The molecule has 0 saturated carbocycles. The van der Waals surface area contributed by atoms with Crippen molar-refractivity contribution in [3.8, 4) is 0 Å². The maximum atomic E-state index is 13.4. The maximum Gasteiger partial charge on any atom is 0.228 e. The fourth-order valence-corrected chi connectivity index (χ4v) is 4.85. The van der Waals surface area contributed by atoms with E-state index in [0.717, 1.165) is 54.6 Å². The minimum atomic E-state index is -0.0137. The highest BCUT2D eigenvalue weighted by molar-refractivity contribution is 6.29. The molecule has 0 radical (unpaired) electrons. The second-order valence-electron chi connectivity index (χ2n) is 8.21. The Kier molecular flexibility index (Phi) is 4.57. The molecule has 2 fully saturated rings. The second kappa shape index (κ2) is 7.13. The molecule has 3 aliphatic heterocycles. The van der Waals surface area contributed by atoms with Crippen LogP contribution in [0.1, 0.15) is 42.9 Å². The Morgan fingerprint density at radius 2 is 2.03 bits per heavy atom. The normalized spacial score (nSPS) is 23.3. The summed E-state index contributed by atoms with van der Waals surface area (Å²) in [6, 6.07) is 3.82. The zero-order valence-corrected chi connectivity index (χ0v) is 17.6. The van der Waals surface area contributed by atoms with Crippen molar-refractivity contribution in [3.05, 3.63) is 40.6 Å². The molecule has 0 aliphatic carbocycles. The molecule has 152 valence electrons. The summed E-state index contributed by atoms with van der Waals surface area (Å²) in [5.41, 5.74) is 3.18. The van der Waals surface area contributed by atoms with Gasteiger partial charge in [-0.05, 0) is 38.8 Å². The molecule has 2 atom stereocenters. The molecule has 0 aromatic carbocycles. The van der Waals surface area contributed by atoms with Crippen LogP contribution in [0.25, 0.3) is 0 Å². The van der Waals surface area contributed by atoms with Crippen molar-refractivity contribution < 1.29 is 4.79 Å². The number of fused-ring (bicyclic) bond motifs is 1. The van der Waals surface area contributed by atoms with E-state index >= 15 is 0 Å². The summed E-state index contributed by atoms with van der Waals surface area (Å²) >= 11 is 6.04. The van der Waals surface area contributed by atoms with E-state index in [1.165, 1.54) is 6.42 Å². The molecule has 5 rings (SSSR count). The first-order valence-corrected chi connectivity index (χ1v) is 10.7. The summed E-state index contributed by atoms with van der Waals surface area (Å²) in [4.78, 5) is 33.4. The maximum absolute atomic E-state index is 13.4. The first kappa shape index (κ1) is 18.6. The lowest BCUT2D eigenvalue weighted by Gasteiger charge is -2.34. The van der Waals surface area contributed by atoms with Crippen molar-refractivity contribution in [2.75, 3.05) is 36.0 Å². The van der Waals surface area contributed by atoms with Crippen LogP contribution in [-0.4, -0.2) is 51.9 Å². The Morgan fingerprint density at radius 1 is 1.21 bits per heavy atom. The number of nitrogens with zero attached hydrogens (tertiary/aromatic N) is 6. The van der Waals surface area contributed by atoms with E-state index < -0.39 is 0 Å². The molecule has 29 heavy (non-hydrogen) atoms. The fourth-order valence-electron chi connectivity index (χ4n) is 4.68. The number of aromatic nitrogens is 3. The van der Waals surface area contributed by atoms with Crippen molar-refractivity contribution in [1.82, 2.24) is 19.9 Å². The number of amides is 1. The van der Waals surface area contributed by atoms with E-state index in [-0.39, 0.29) is 17.9 Å². The molecule has 2 saturated heterocycles. The van der Waals surface area contributed by atoms with Crippen molar-refractivity contribution in [1.29, 1.82) is 0 Å². The third kappa shape index (κ3) is 3.21. The lowest BCUT2D eigenvalue weighted by Crippen LogP contribution is -2.39. The van der Waals surface area contributed by atoms with E-state index in [1.54, 1.807) is 6.20 Å². The standard InChI is InChI=1S/C21H25ClN6O/c1-13-19-17(24-14(2)25-20(19)26-7-3-8-26)12-28(13)21(29)15-5-9-27(11-15)16-4-6-23-18(22)10-16/h4,6,10,13,15H,3,5,7-9,11-12H2,1-2H3/t13-,15-/m1/s1. The average molecular weight is 413 g/mol. The predicted molar refractivity (Wildman–Crippen MR) is 112 cm³/mol. The summed E-state index contributed by atoms with van der Waals surface area (Å²) < 4.78 is 0. The Labute approximate surface area is 175 Å². The molecule has 7 nitrogen and oxygen atoms in total. The number of anilines is 2. The monoisotopic (exact) mass is 412 g/mol. The SMILES string of the molecule is Cc1nc2c(c(N3CCC3)n1)[C@@H](C)N(C(=O)[C@@H]1CCN(c3ccnc(Cl)c3)C1)C2. The van der Waals surface area contributed by atoms with Gasteiger partial charge in [0.05, 0.1) is 24.2 Å². The number of rotatable bonds is 3. The van der Waals surface area contributed by atoms with Gasteiger partial charge in [-0.3, -0.25) is 4.79 Å². The quantitative estimate of drug-likeness (QED) is 0.722. The van der Waals surface area contributed by atoms with Crippen LogP contribution in [0, 0.1) is 12.8 Å². The van der Waals surface area contributed by atoms with Crippen molar-refractivity contribution >= 4 is 29.0 Å². The molecular formula is C21H25ClN6O. The van der Waals surface area contributed by atoms with Gasteiger partial charge in [0, 0.05) is 43.6 Å². The first-order valence-electron chi connectivity index (χ1n) is 10.3. The zero-order valence-electron chi connectivity index (χ0n) is 16.8. The summed E-state index contributed by atoms with van der Waals surface area (Å²) in [7, 11) is 0. The van der Waals surface area contributed by atoms with Gasteiger partial charge in [0.25, 0.3) is 0 Å². The summed E-state index contributed by atoms with van der Waals surface area (Å²) in [6.45, 7) is 8.27. The summed E-state index contributed by atoms with van der Waals surface area (Å²) in [6.07, 6.45) is 3.76. The number of carbonyl (C=O) groups is 1. The van der Waals surface area contributed by atoms with Gasteiger partial charge in [-0.15, -0.1) is 0 Å². The second-order valence-corrected chi connectivity index (χ2v) is 8.59. The number of aryl methyl sites for hydroxylation is 1. The van der Waals surface area contributed by atoms with Crippen LogP contribution in [0.5, 0.6) is 0 Å². The van der Waals surface area contributed by atoms with Gasteiger partial charge in [0.15, 0.2) is 0 Å². The summed E-state index contributed by atoms with van der Waals surface area (Å²) in [5, 5.41) is 0.480. The fraction of sp³-hybridized carbons (Fsp3) is 0.524. The molecule has 2 aromatic heterocycles. The molecule has 3 aliphatic rings. The molecule has 0 bridgehead atoms. The Hall–Kier alpha value is -2.41. The van der Waals surface area contributed by atoms with Gasteiger partial charge in [0.1, 0.15) is 16.8 Å². The van der Waals surface area contributed by atoms with Crippen molar-refractivity contribution in [2.45, 2.75) is 39.3 Å². The van der Waals surface area contributed by atoms with Crippen LogP contribution in [0.4, 0.5) is 11.5 Å². The van der Waals surface area contributed by atoms with E-state index in [0.29, 0.717) is 18.2 Å². The molecule has 5 heterocycles. The first-order chi connectivity index (χ1) is 14.0. The van der Waals surface area contributed by atoms with Crippen LogP contribution in [0.3, 0.4) is 0 Å². The van der Waals surface area contributed by atoms with Crippen LogP contribution in [0.15, 0.2) is 18.3 Å². The average Bonchev–Trinajstić information content (AvgIpc) is 3.25. The lowest BCUT2D eigenvalue weighted by molar-refractivity contribution is -0.137. The van der Waals surface area contributed by atoms with Crippen LogP contribution in [0.2, 0.25) is 5.15 Å².